The Morgan fingerprint density at radius 1 is 0.839 bits per heavy atom. The molecule has 0 aliphatic carbocycles. The second-order valence-corrected chi connectivity index (χ2v) is 10.0. The highest BCUT2D eigenvalue weighted by Gasteiger charge is 2.22. The third-order valence-electron chi connectivity index (χ3n) is 5.50. The lowest BCUT2D eigenvalue weighted by atomic mass is 10.0. The zero-order valence-corrected chi connectivity index (χ0v) is 20.7. The lowest BCUT2D eigenvalue weighted by molar-refractivity contribution is -0.873. The summed E-state index contributed by atoms with van der Waals surface area (Å²) in [5.74, 6) is -1.58. The van der Waals surface area contributed by atoms with Gasteiger partial charge >= 0.3 is 5.97 Å². The van der Waals surface area contributed by atoms with Crippen LogP contribution in [0.2, 0.25) is 0 Å². The van der Waals surface area contributed by atoms with Crippen LogP contribution in [0.1, 0.15) is 110 Å². The molecule has 0 aliphatic heterocycles. The van der Waals surface area contributed by atoms with Crippen LogP contribution in [0.3, 0.4) is 0 Å². The van der Waals surface area contributed by atoms with Gasteiger partial charge in [0.25, 0.3) is 0 Å². The van der Waals surface area contributed by atoms with E-state index in [0.29, 0.717) is 23.9 Å². The number of rotatable bonds is 21. The molecule has 0 aromatic rings. The van der Waals surface area contributed by atoms with Crippen LogP contribution in [-0.4, -0.2) is 61.4 Å². The average molecular weight is 444 g/mol. The Kier molecular flexibility index (Phi) is 17.8. The highest BCUT2D eigenvalue weighted by atomic mass is 16.5. The molecule has 0 radical (unpaired) electrons. The van der Waals surface area contributed by atoms with Gasteiger partial charge in [0.05, 0.1) is 27.2 Å². The quantitative estimate of drug-likeness (QED) is 0.165. The molecule has 6 nitrogen and oxygen atoms in total. The lowest BCUT2D eigenvalue weighted by Gasteiger charge is -2.29. The molecule has 0 spiro atoms. The van der Waals surface area contributed by atoms with Crippen molar-refractivity contribution in [3.63, 3.8) is 0 Å². The standard InChI is InChI=1S/C25H49NO5/c1-5-6-7-8-9-10-11-12-13-14-17-22(27)18-15-16-19-25(30)31-23(20-24(28)29)21-26(2,3)4/h22-23,27H,5-21H2,1-4H3. The molecule has 0 bridgehead atoms. The number of aliphatic carboxylic acids is 1. The van der Waals surface area contributed by atoms with Gasteiger partial charge in [-0.15, -0.1) is 0 Å². The van der Waals surface area contributed by atoms with Crippen LogP contribution in [0, 0.1) is 0 Å². The minimum absolute atomic E-state index is 0.256. The summed E-state index contributed by atoms with van der Waals surface area (Å²) in [6, 6.07) is 0. The number of carbonyl (C=O) groups is 2. The summed E-state index contributed by atoms with van der Waals surface area (Å²) in [6.07, 6.45) is 14.9. The number of hydrogen-bond acceptors (Lipinski definition) is 5. The van der Waals surface area contributed by atoms with Gasteiger partial charge in [0.2, 0.25) is 0 Å². The van der Waals surface area contributed by atoms with E-state index in [2.05, 4.69) is 6.92 Å². The van der Waals surface area contributed by atoms with E-state index in [4.69, 9.17) is 4.74 Å². The van der Waals surface area contributed by atoms with E-state index >= 15 is 0 Å². The first-order valence-electron chi connectivity index (χ1n) is 12.5. The molecule has 0 aliphatic rings. The van der Waals surface area contributed by atoms with E-state index in [1.54, 1.807) is 0 Å². The number of esters is 1. The third-order valence-corrected chi connectivity index (χ3v) is 5.50. The lowest BCUT2D eigenvalue weighted by Crippen LogP contribution is -2.45. The van der Waals surface area contributed by atoms with Crippen LogP contribution in [0.15, 0.2) is 0 Å². The van der Waals surface area contributed by atoms with E-state index in [1.165, 1.54) is 57.8 Å². The van der Waals surface area contributed by atoms with Crippen LogP contribution in [-0.2, 0) is 14.3 Å². The number of likely N-dealkylation sites (N-methyl/N-ethyl adjacent to an activating group) is 1. The van der Waals surface area contributed by atoms with E-state index in [0.717, 1.165) is 19.3 Å². The van der Waals surface area contributed by atoms with Crippen molar-refractivity contribution in [3.8, 4) is 0 Å². The summed E-state index contributed by atoms with van der Waals surface area (Å²) >= 11 is 0. The molecule has 184 valence electrons. The molecule has 31 heavy (non-hydrogen) atoms. The second kappa shape index (κ2) is 18.4. The summed E-state index contributed by atoms with van der Waals surface area (Å²) in [6.45, 7) is 2.67. The first-order valence-corrected chi connectivity index (χ1v) is 12.5. The second-order valence-electron chi connectivity index (χ2n) is 10.0. The fourth-order valence-electron chi connectivity index (χ4n) is 3.85. The van der Waals surface area contributed by atoms with Gasteiger partial charge in [-0.25, -0.2) is 0 Å². The molecule has 0 aromatic carbocycles. The number of aliphatic hydroxyl groups excluding tert-OH is 1. The molecular formula is C25H49NO5. The Morgan fingerprint density at radius 2 is 1.32 bits per heavy atom. The zero-order valence-electron chi connectivity index (χ0n) is 20.7. The van der Waals surface area contributed by atoms with Crippen molar-refractivity contribution in [2.75, 3.05) is 27.7 Å². The maximum Gasteiger partial charge on any atom is 0.306 e. The van der Waals surface area contributed by atoms with E-state index in [1.807, 2.05) is 21.1 Å². The fourth-order valence-corrected chi connectivity index (χ4v) is 3.85. The van der Waals surface area contributed by atoms with Gasteiger partial charge in [-0.05, 0) is 19.3 Å². The van der Waals surface area contributed by atoms with Gasteiger partial charge in [-0.1, -0.05) is 77.6 Å². The summed E-state index contributed by atoms with van der Waals surface area (Å²) in [5.41, 5.74) is 0. The van der Waals surface area contributed by atoms with Crippen LogP contribution in [0.4, 0.5) is 0 Å². The van der Waals surface area contributed by atoms with Gasteiger partial charge in [0.1, 0.15) is 6.54 Å². The van der Waals surface area contributed by atoms with Crippen molar-refractivity contribution in [1.29, 1.82) is 0 Å². The van der Waals surface area contributed by atoms with Crippen LogP contribution >= 0.6 is 0 Å². The molecule has 0 heterocycles. The molecule has 0 saturated carbocycles. The SMILES string of the molecule is CCCCCCCCCCCCC(O)CCCCC(=O)OC(CC(=O)[O-])C[N+](C)(C)C. The van der Waals surface area contributed by atoms with E-state index < -0.39 is 12.1 Å². The largest absolute Gasteiger partial charge is 0.550 e. The topological polar surface area (TPSA) is 86.7 Å². The molecule has 0 aromatic heterocycles. The van der Waals surface area contributed by atoms with Crippen molar-refractivity contribution < 1.29 is 29.0 Å². The molecule has 1 N–H and O–H groups in total. The Hall–Kier alpha value is -1.14. The number of quaternary nitrogens is 1. The third kappa shape index (κ3) is 21.9. The van der Waals surface area contributed by atoms with Gasteiger partial charge in [-0.3, -0.25) is 4.79 Å². The average Bonchev–Trinajstić information content (AvgIpc) is 2.64. The summed E-state index contributed by atoms with van der Waals surface area (Å²) in [7, 11) is 5.77. The number of nitrogens with zero attached hydrogens (tertiary/aromatic N) is 1. The van der Waals surface area contributed by atoms with Crippen LogP contribution < -0.4 is 5.11 Å². The number of hydrogen-bond donors (Lipinski definition) is 1. The van der Waals surface area contributed by atoms with Gasteiger partial charge < -0.3 is 24.2 Å². The first kappa shape index (κ1) is 29.9. The first-order chi connectivity index (χ1) is 14.6. The number of carbonyl (C=O) groups excluding carboxylic acids is 2. The van der Waals surface area contributed by atoms with Gasteiger partial charge in [0, 0.05) is 18.8 Å². The Bertz CT molecular complexity index is 461. The normalized spacial score (nSPS) is 13.7. The molecule has 0 fully saturated rings. The van der Waals surface area contributed by atoms with Gasteiger partial charge in [0.15, 0.2) is 6.10 Å². The fraction of sp³-hybridized carbons (Fsp3) is 0.920. The van der Waals surface area contributed by atoms with E-state index in [9.17, 15) is 19.8 Å². The highest BCUT2D eigenvalue weighted by molar-refractivity contribution is 5.70. The predicted molar refractivity (Wildman–Crippen MR) is 123 cm³/mol. The monoisotopic (exact) mass is 443 g/mol. The number of aliphatic hydroxyl groups is 1. The minimum atomic E-state index is -1.21. The highest BCUT2D eigenvalue weighted by Crippen LogP contribution is 2.15. The smallest absolute Gasteiger partial charge is 0.306 e. The number of carboxylic acids is 1. The van der Waals surface area contributed by atoms with Crippen molar-refractivity contribution in [2.45, 2.75) is 122 Å². The molecular weight excluding hydrogens is 394 g/mol. The molecule has 0 amide bonds. The van der Waals surface area contributed by atoms with Crippen molar-refractivity contribution in [3.05, 3.63) is 0 Å². The Labute approximate surface area is 190 Å². The van der Waals surface area contributed by atoms with Crippen LogP contribution in [0.25, 0.3) is 0 Å². The molecule has 2 atom stereocenters. The molecule has 0 saturated heterocycles. The maximum atomic E-state index is 12.0. The number of unbranched alkanes of at least 4 members (excludes halogenated alkanes) is 10. The van der Waals surface area contributed by atoms with Crippen molar-refractivity contribution in [2.24, 2.45) is 0 Å². The van der Waals surface area contributed by atoms with Gasteiger partial charge in [-0.2, -0.15) is 0 Å². The molecule has 0 rings (SSSR count). The molecule has 6 heteroatoms. The van der Waals surface area contributed by atoms with E-state index in [-0.39, 0.29) is 24.9 Å². The number of carboxylic acid groups (broad SMARTS) is 1. The summed E-state index contributed by atoms with van der Waals surface area (Å²) in [4.78, 5) is 22.9. The van der Waals surface area contributed by atoms with Crippen LogP contribution in [0.5, 0.6) is 0 Å². The Morgan fingerprint density at radius 3 is 1.81 bits per heavy atom. The Balaban J connectivity index is 3.72. The maximum absolute atomic E-state index is 12.0. The van der Waals surface area contributed by atoms with Crippen molar-refractivity contribution >= 4 is 11.9 Å². The predicted octanol–water partition coefficient (Wildman–Crippen LogP) is 3.98. The minimum Gasteiger partial charge on any atom is -0.550 e. The summed E-state index contributed by atoms with van der Waals surface area (Å²) in [5, 5.41) is 21.0. The molecule has 2 unspecified atom stereocenters. The summed E-state index contributed by atoms with van der Waals surface area (Å²) < 4.78 is 5.86. The number of ether oxygens (including phenoxy) is 1. The zero-order chi connectivity index (χ0) is 23.5. The van der Waals surface area contributed by atoms with Crippen molar-refractivity contribution in [1.82, 2.24) is 0 Å².